The van der Waals surface area contributed by atoms with Gasteiger partial charge in [0.05, 0.1) is 16.9 Å². The highest BCUT2D eigenvalue weighted by atomic mass is 32.1. The Morgan fingerprint density at radius 1 is 1.56 bits per heavy atom. The number of hydrogen-bond acceptors (Lipinski definition) is 5. The van der Waals surface area contributed by atoms with E-state index in [1.165, 1.54) is 0 Å². The van der Waals surface area contributed by atoms with Crippen LogP contribution in [-0.4, -0.2) is 21.5 Å². The molecule has 2 aromatic rings. The third kappa shape index (κ3) is 3.24. The van der Waals surface area contributed by atoms with Gasteiger partial charge in [-0.15, -0.1) is 11.3 Å². The second-order valence-electron chi connectivity index (χ2n) is 3.84. The summed E-state index contributed by atoms with van der Waals surface area (Å²) in [5, 5.41) is 6.47. The zero-order valence-electron chi connectivity index (χ0n) is 10.0. The summed E-state index contributed by atoms with van der Waals surface area (Å²) in [7, 11) is 0. The lowest BCUT2D eigenvalue weighted by Crippen LogP contribution is -2.14. The number of nitrogens with one attached hydrogen (secondary N) is 1. The molecule has 0 saturated carbocycles. The van der Waals surface area contributed by atoms with Gasteiger partial charge in [-0.05, 0) is 13.0 Å². The van der Waals surface area contributed by atoms with Gasteiger partial charge in [0, 0.05) is 35.8 Å². The van der Waals surface area contributed by atoms with E-state index in [1.807, 2.05) is 13.0 Å². The number of hydrogen-bond donors (Lipinski definition) is 2. The minimum atomic E-state index is 0.380. The van der Waals surface area contributed by atoms with Gasteiger partial charge in [0.15, 0.2) is 0 Å². The van der Waals surface area contributed by atoms with Crippen molar-refractivity contribution in [3.63, 3.8) is 0 Å². The Labute approximate surface area is 115 Å². The summed E-state index contributed by atoms with van der Waals surface area (Å²) < 4.78 is 0. The van der Waals surface area contributed by atoms with Crippen LogP contribution in [0.3, 0.4) is 0 Å². The van der Waals surface area contributed by atoms with Crippen molar-refractivity contribution in [3.05, 3.63) is 40.1 Å². The van der Waals surface area contributed by atoms with Crippen molar-refractivity contribution in [3.8, 4) is 0 Å². The molecule has 0 spiro atoms. The van der Waals surface area contributed by atoms with Gasteiger partial charge in [-0.1, -0.05) is 12.2 Å². The average molecular weight is 278 g/mol. The van der Waals surface area contributed by atoms with Gasteiger partial charge >= 0.3 is 0 Å². The van der Waals surface area contributed by atoms with Gasteiger partial charge in [0.2, 0.25) is 0 Å². The highest BCUT2D eigenvalue weighted by Crippen LogP contribution is 2.14. The van der Waals surface area contributed by atoms with E-state index >= 15 is 0 Å². The second kappa shape index (κ2) is 5.88. The molecule has 0 aromatic carbocycles. The molecule has 0 aliphatic rings. The lowest BCUT2D eigenvalue weighted by atomic mass is 10.2. The molecule has 0 atom stereocenters. The van der Waals surface area contributed by atoms with Crippen LogP contribution in [0.4, 0.5) is 5.69 Å². The zero-order valence-corrected chi connectivity index (χ0v) is 11.6. The molecule has 0 unspecified atom stereocenters. The SMILES string of the molecule is Cc1csc(CCNc2cnccc2C(N)=S)n1. The van der Waals surface area contributed by atoms with Crippen LogP contribution in [0.1, 0.15) is 16.3 Å². The van der Waals surface area contributed by atoms with Crippen LogP contribution in [0.2, 0.25) is 0 Å². The Morgan fingerprint density at radius 2 is 2.39 bits per heavy atom. The topological polar surface area (TPSA) is 63.8 Å². The summed E-state index contributed by atoms with van der Waals surface area (Å²) in [5.74, 6) is 0. The van der Waals surface area contributed by atoms with Crippen LogP contribution in [0, 0.1) is 6.92 Å². The molecule has 94 valence electrons. The number of thiocarbonyl (C=S) groups is 1. The number of aryl methyl sites for hydroxylation is 1. The zero-order chi connectivity index (χ0) is 13.0. The van der Waals surface area contributed by atoms with Gasteiger partial charge in [0.25, 0.3) is 0 Å². The lowest BCUT2D eigenvalue weighted by molar-refractivity contribution is 0.984. The van der Waals surface area contributed by atoms with Crippen LogP contribution in [0.25, 0.3) is 0 Å². The average Bonchev–Trinajstić information content (AvgIpc) is 2.75. The fourth-order valence-corrected chi connectivity index (χ4v) is 2.53. The fourth-order valence-electron chi connectivity index (χ4n) is 1.57. The van der Waals surface area contributed by atoms with Crippen LogP contribution in [-0.2, 0) is 6.42 Å². The number of pyridine rings is 1. The molecule has 0 amide bonds. The first-order valence-corrected chi connectivity index (χ1v) is 6.84. The first-order chi connectivity index (χ1) is 8.66. The van der Waals surface area contributed by atoms with E-state index in [0.717, 1.165) is 34.9 Å². The molecule has 0 saturated heterocycles. The number of thiazole rings is 1. The van der Waals surface area contributed by atoms with Crippen molar-refractivity contribution in [1.82, 2.24) is 9.97 Å². The molecule has 0 bridgehead atoms. The molecule has 0 aliphatic carbocycles. The van der Waals surface area contributed by atoms with Crippen LogP contribution in [0.5, 0.6) is 0 Å². The van der Waals surface area contributed by atoms with Crippen molar-refractivity contribution < 1.29 is 0 Å². The minimum absolute atomic E-state index is 0.380. The predicted molar refractivity (Wildman–Crippen MR) is 79.2 cm³/mol. The monoisotopic (exact) mass is 278 g/mol. The Bertz CT molecular complexity index is 551. The Kier molecular flexibility index (Phi) is 4.22. The van der Waals surface area contributed by atoms with E-state index in [1.54, 1.807) is 23.7 Å². The maximum Gasteiger partial charge on any atom is 0.106 e. The standard InChI is InChI=1S/C12H14N4S2/c1-8-7-18-11(16-8)3-5-15-10-6-14-4-2-9(10)12(13)17/h2,4,6-7,15H,3,5H2,1H3,(H2,13,17). The van der Waals surface area contributed by atoms with E-state index in [0.29, 0.717) is 4.99 Å². The number of aromatic nitrogens is 2. The van der Waals surface area contributed by atoms with Crippen molar-refractivity contribution in [2.75, 3.05) is 11.9 Å². The first-order valence-electron chi connectivity index (χ1n) is 5.55. The molecule has 2 aromatic heterocycles. The van der Waals surface area contributed by atoms with E-state index in [2.05, 4.69) is 20.7 Å². The summed E-state index contributed by atoms with van der Waals surface area (Å²) in [6, 6.07) is 1.82. The summed E-state index contributed by atoms with van der Waals surface area (Å²) >= 11 is 6.67. The maximum atomic E-state index is 5.65. The highest BCUT2D eigenvalue weighted by Gasteiger charge is 2.04. The van der Waals surface area contributed by atoms with Crippen molar-refractivity contribution in [2.45, 2.75) is 13.3 Å². The first kappa shape index (κ1) is 12.9. The number of rotatable bonds is 5. The van der Waals surface area contributed by atoms with Crippen molar-refractivity contribution in [1.29, 1.82) is 0 Å². The number of nitrogens with zero attached hydrogens (tertiary/aromatic N) is 2. The molecule has 18 heavy (non-hydrogen) atoms. The Hall–Kier alpha value is -1.53. The van der Waals surface area contributed by atoms with Gasteiger partial charge in [-0.25, -0.2) is 4.98 Å². The Balaban J connectivity index is 1.96. The van der Waals surface area contributed by atoms with E-state index in [-0.39, 0.29) is 0 Å². The van der Waals surface area contributed by atoms with Crippen molar-refractivity contribution >= 4 is 34.2 Å². The normalized spacial score (nSPS) is 10.3. The summed E-state index contributed by atoms with van der Waals surface area (Å²) in [6.45, 7) is 2.79. The van der Waals surface area contributed by atoms with Crippen LogP contribution >= 0.6 is 23.6 Å². The lowest BCUT2D eigenvalue weighted by Gasteiger charge is -2.09. The van der Waals surface area contributed by atoms with Gasteiger partial charge < -0.3 is 11.1 Å². The van der Waals surface area contributed by atoms with Crippen molar-refractivity contribution in [2.24, 2.45) is 5.73 Å². The maximum absolute atomic E-state index is 5.65. The molecule has 2 rings (SSSR count). The van der Waals surface area contributed by atoms with E-state index in [9.17, 15) is 0 Å². The Morgan fingerprint density at radius 3 is 3.06 bits per heavy atom. The van der Waals surface area contributed by atoms with Gasteiger partial charge in [0.1, 0.15) is 4.99 Å². The molecule has 0 radical (unpaired) electrons. The molecular formula is C12H14N4S2. The van der Waals surface area contributed by atoms with Crippen LogP contribution in [0.15, 0.2) is 23.8 Å². The summed E-state index contributed by atoms with van der Waals surface area (Å²) in [5.41, 5.74) is 8.43. The number of anilines is 1. The van der Waals surface area contributed by atoms with Gasteiger partial charge in [-0.3, -0.25) is 4.98 Å². The quantitative estimate of drug-likeness (QED) is 0.820. The summed E-state index contributed by atoms with van der Waals surface area (Å²) in [4.78, 5) is 8.86. The molecule has 3 N–H and O–H groups in total. The van der Waals surface area contributed by atoms with E-state index < -0.39 is 0 Å². The fraction of sp³-hybridized carbons (Fsp3) is 0.250. The molecular weight excluding hydrogens is 264 g/mol. The third-order valence-corrected chi connectivity index (χ3v) is 3.65. The third-order valence-electron chi connectivity index (χ3n) is 2.41. The largest absolute Gasteiger partial charge is 0.389 e. The molecule has 0 fully saturated rings. The van der Waals surface area contributed by atoms with Gasteiger partial charge in [-0.2, -0.15) is 0 Å². The number of nitrogens with two attached hydrogens (primary N) is 1. The molecule has 2 heterocycles. The predicted octanol–water partition coefficient (Wildman–Crippen LogP) is 2.14. The molecule has 6 heteroatoms. The minimum Gasteiger partial charge on any atom is -0.389 e. The van der Waals surface area contributed by atoms with E-state index in [4.69, 9.17) is 18.0 Å². The smallest absolute Gasteiger partial charge is 0.106 e. The highest BCUT2D eigenvalue weighted by molar-refractivity contribution is 7.80. The summed E-state index contributed by atoms with van der Waals surface area (Å²) in [6.07, 6.45) is 4.30. The van der Waals surface area contributed by atoms with Crippen LogP contribution < -0.4 is 11.1 Å². The molecule has 4 nitrogen and oxygen atoms in total. The second-order valence-corrected chi connectivity index (χ2v) is 5.23. The molecule has 0 aliphatic heterocycles.